The van der Waals surface area contributed by atoms with Crippen molar-refractivity contribution in [1.82, 2.24) is 4.90 Å². The SMILES string of the molecule is COCCN(C1CC1)C(C)C(=O)Nc1ccccc1CN. The van der Waals surface area contributed by atoms with Crippen molar-refractivity contribution in [2.75, 3.05) is 25.6 Å². The van der Waals surface area contributed by atoms with Crippen LogP contribution in [0.25, 0.3) is 0 Å². The Kier molecular flexibility index (Phi) is 5.73. The molecule has 116 valence electrons. The van der Waals surface area contributed by atoms with Crippen LogP contribution in [0.4, 0.5) is 5.69 Å². The number of methoxy groups -OCH3 is 1. The summed E-state index contributed by atoms with van der Waals surface area (Å²) >= 11 is 0. The number of rotatable bonds is 8. The molecule has 0 spiro atoms. The molecule has 1 aromatic carbocycles. The van der Waals surface area contributed by atoms with Crippen LogP contribution in [-0.2, 0) is 16.1 Å². The maximum absolute atomic E-state index is 12.5. The molecule has 1 aliphatic carbocycles. The number of ether oxygens (including phenoxy) is 1. The van der Waals surface area contributed by atoms with Gasteiger partial charge in [-0.2, -0.15) is 0 Å². The van der Waals surface area contributed by atoms with E-state index in [2.05, 4.69) is 10.2 Å². The van der Waals surface area contributed by atoms with E-state index in [0.29, 0.717) is 19.2 Å². The summed E-state index contributed by atoms with van der Waals surface area (Å²) in [7, 11) is 1.69. The zero-order valence-electron chi connectivity index (χ0n) is 12.8. The number of hydrogen-bond donors (Lipinski definition) is 2. The van der Waals surface area contributed by atoms with Gasteiger partial charge >= 0.3 is 0 Å². The van der Waals surface area contributed by atoms with E-state index in [-0.39, 0.29) is 11.9 Å². The molecule has 0 saturated heterocycles. The first-order valence-electron chi connectivity index (χ1n) is 7.51. The van der Waals surface area contributed by atoms with Gasteiger partial charge in [-0.25, -0.2) is 0 Å². The molecular formula is C16H25N3O2. The number of nitrogens with one attached hydrogen (secondary N) is 1. The van der Waals surface area contributed by atoms with Gasteiger partial charge in [-0.05, 0) is 31.4 Å². The van der Waals surface area contributed by atoms with Crippen molar-refractivity contribution in [1.29, 1.82) is 0 Å². The van der Waals surface area contributed by atoms with E-state index in [1.165, 1.54) is 12.8 Å². The number of anilines is 1. The molecule has 3 N–H and O–H groups in total. The van der Waals surface area contributed by atoms with Gasteiger partial charge in [0.15, 0.2) is 0 Å². The van der Waals surface area contributed by atoms with Crippen LogP contribution < -0.4 is 11.1 Å². The highest BCUT2D eigenvalue weighted by atomic mass is 16.5. The van der Waals surface area contributed by atoms with Gasteiger partial charge in [0.1, 0.15) is 0 Å². The number of carbonyl (C=O) groups excluding carboxylic acids is 1. The Hall–Kier alpha value is -1.43. The van der Waals surface area contributed by atoms with Crippen molar-refractivity contribution in [3.05, 3.63) is 29.8 Å². The van der Waals surface area contributed by atoms with Gasteiger partial charge < -0.3 is 15.8 Å². The summed E-state index contributed by atoms with van der Waals surface area (Å²) in [5.74, 6) is 0.0129. The standard InChI is InChI=1S/C16H25N3O2/c1-12(19(9-10-21-2)14-7-8-14)16(20)18-15-6-4-3-5-13(15)11-17/h3-6,12,14H,7-11,17H2,1-2H3,(H,18,20). The molecule has 1 fully saturated rings. The summed E-state index contributed by atoms with van der Waals surface area (Å²) in [6.07, 6.45) is 2.33. The van der Waals surface area contributed by atoms with Crippen molar-refractivity contribution >= 4 is 11.6 Å². The third-order valence-electron chi connectivity index (χ3n) is 3.94. The van der Waals surface area contributed by atoms with Crippen molar-refractivity contribution in [2.24, 2.45) is 5.73 Å². The van der Waals surface area contributed by atoms with E-state index in [0.717, 1.165) is 17.8 Å². The molecular weight excluding hydrogens is 266 g/mol. The topological polar surface area (TPSA) is 67.6 Å². The second kappa shape index (κ2) is 7.54. The normalized spacial score (nSPS) is 16.0. The molecule has 21 heavy (non-hydrogen) atoms. The van der Waals surface area contributed by atoms with Crippen LogP contribution >= 0.6 is 0 Å². The number of para-hydroxylation sites is 1. The zero-order chi connectivity index (χ0) is 15.2. The van der Waals surface area contributed by atoms with Crippen LogP contribution in [0.3, 0.4) is 0 Å². The van der Waals surface area contributed by atoms with Gasteiger partial charge in [-0.1, -0.05) is 18.2 Å². The highest BCUT2D eigenvalue weighted by molar-refractivity contribution is 5.95. The quantitative estimate of drug-likeness (QED) is 0.763. The molecule has 0 radical (unpaired) electrons. The summed E-state index contributed by atoms with van der Waals surface area (Å²) in [6.45, 7) is 3.80. The maximum atomic E-state index is 12.5. The lowest BCUT2D eigenvalue weighted by atomic mass is 10.1. The molecule has 5 heteroatoms. The Labute approximate surface area is 126 Å². The van der Waals surface area contributed by atoms with Crippen LogP contribution in [0.15, 0.2) is 24.3 Å². The fraction of sp³-hybridized carbons (Fsp3) is 0.562. The molecule has 1 unspecified atom stereocenters. The predicted octanol–water partition coefficient (Wildman–Crippen LogP) is 1.58. The van der Waals surface area contributed by atoms with Crippen LogP contribution in [-0.4, -0.2) is 43.2 Å². The van der Waals surface area contributed by atoms with E-state index in [1.807, 2.05) is 31.2 Å². The number of benzene rings is 1. The molecule has 5 nitrogen and oxygen atoms in total. The Morgan fingerprint density at radius 3 is 2.81 bits per heavy atom. The lowest BCUT2D eigenvalue weighted by Gasteiger charge is -2.28. The first-order valence-corrected chi connectivity index (χ1v) is 7.51. The smallest absolute Gasteiger partial charge is 0.241 e. The molecule has 1 aromatic rings. The molecule has 0 heterocycles. The Morgan fingerprint density at radius 1 is 1.48 bits per heavy atom. The molecule has 0 aromatic heterocycles. The van der Waals surface area contributed by atoms with Gasteiger partial charge in [0.2, 0.25) is 5.91 Å². The molecule has 0 aliphatic heterocycles. The highest BCUT2D eigenvalue weighted by Crippen LogP contribution is 2.28. The summed E-state index contributed by atoms with van der Waals surface area (Å²) in [5.41, 5.74) is 7.46. The lowest BCUT2D eigenvalue weighted by Crippen LogP contribution is -2.45. The molecule has 0 bridgehead atoms. The van der Waals surface area contributed by atoms with Gasteiger partial charge in [0.05, 0.1) is 12.6 Å². The summed E-state index contributed by atoms with van der Waals surface area (Å²) < 4.78 is 5.15. The third-order valence-corrected chi connectivity index (χ3v) is 3.94. The largest absolute Gasteiger partial charge is 0.383 e. The van der Waals surface area contributed by atoms with Gasteiger partial charge in [-0.15, -0.1) is 0 Å². The average molecular weight is 291 g/mol. The fourth-order valence-corrected chi connectivity index (χ4v) is 2.50. The highest BCUT2D eigenvalue weighted by Gasteiger charge is 2.34. The first-order chi connectivity index (χ1) is 10.2. The van der Waals surface area contributed by atoms with Crippen molar-refractivity contribution in [3.63, 3.8) is 0 Å². The van der Waals surface area contributed by atoms with E-state index in [4.69, 9.17) is 10.5 Å². The average Bonchev–Trinajstić information content (AvgIpc) is 3.32. The number of hydrogen-bond acceptors (Lipinski definition) is 4. The van der Waals surface area contributed by atoms with Crippen LogP contribution in [0.2, 0.25) is 0 Å². The Balaban J connectivity index is 2.00. The number of amides is 1. The lowest BCUT2D eigenvalue weighted by molar-refractivity contribution is -0.121. The molecule has 1 amide bonds. The van der Waals surface area contributed by atoms with Gasteiger partial charge in [-0.3, -0.25) is 9.69 Å². The second-order valence-electron chi connectivity index (χ2n) is 5.49. The molecule has 1 aliphatic rings. The molecule has 2 rings (SSSR count). The van der Waals surface area contributed by atoms with Crippen LogP contribution in [0, 0.1) is 0 Å². The summed E-state index contributed by atoms with van der Waals surface area (Å²) in [5, 5.41) is 3.00. The Morgan fingerprint density at radius 2 is 2.19 bits per heavy atom. The summed E-state index contributed by atoms with van der Waals surface area (Å²) in [6, 6.07) is 8.01. The zero-order valence-corrected chi connectivity index (χ0v) is 12.8. The van der Waals surface area contributed by atoms with E-state index < -0.39 is 0 Å². The third kappa shape index (κ3) is 4.27. The monoisotopic (exact) mass is 291 g/mol. The fourth-order valence-electron chi connectivity index (χ4n) is 2.50. The molecule has 1 saturated carbocycles. The summed E-state index contributed by atoms with van der Waals surface area (Å²) in [4.78, 5) is 14.7. The Bertz CT molecular complexity index is 474. The van der Waals surface area contributed by atoms with E-state index >= 15 is 0 Å². The van der Waals surface area contributed by atoms with E-state index in [1.54, 1.807) is 7.11 Å². The number of nitrogens with zero attached hydrogens (tertiary/aromatic N) is 1. The van der Waals surface area contributed by atoms with Crippen molar-refractivity contribution in [3.8, 4) is 0 Å². The predicted molar refractivity (Wildman–Crippen MR) is 84.0 cm³/mol. The van der Waals surface area contributed by atoms with Crippen LogP contribution in [0.1, 0.15) is 25.3 Å². The second-order valence-corrected chi connectivity index (χ2v) is 5.49. The van der Waals surface area contributed by atoms with Crippen molar-refractivity contribution < 1.29 is 9.53 Å². The maximum Gasteiger partial charge on any atom is 0.241 e. The van der Waals surface area contributed by atoms with E-state index in [9.17, 15) is 4.79 Å². The minimum absolute atomic E-state index is 0.0129. The number of carbonyl (C=O) groups is 1. The minimum Gasteiger partial charge on any atom is -0.383 e. The van der Waals surface area contributed by atoms with Gasteiger partial charge in [0.25, 0.3) is 0 Å². The number of nitrogens with two attached hydrogens (primary N) is 1. The van der Waals surface area contributed by atoms with Crippen molar-refractivity contribution in [2.45, 2.75) is 38.4 Å². The minimum atomic E-state index is -0.168. The van der Waals surface area contributed by atoms with Crippen LogP contribution in [0.5, 0.6) is 0 Å². The first kappa shape index (κ1) is 15.9. The molecule has 1 atom stereocenters. The van der Waals surface area contributed by atoms with Gasteiger partial charge in [0, 0.05) is 31.9 Å².